The summed E-state index contributed by atoms with van der Waals surface area (Å²) in [6.45, 7) is 1.42. The molecule has 1 N–H and O–H groups in total. The van der Waals surface area contributed by atoms with E-state index in [1.165, 1.54) is 12.1 Å². The molecule has 2 rings (SSSR count). The fraction of sp³-hybridized carbons (Fsp3) is 0.455. The molecule has 0 amide bonds. The van der Waals surface area contributed by atoms with Crippen LogP contribution in [0.3, 0.4) is 0 Å². The summed E-state index contributed by atoms with van der Waals surface area (Å²) in [6.07, 6.45) is -1.12. The highest BCUT2D eigenvalue weighted by atomic mass is 19.1. The molecule has 1 aromatic carbocycles. The average Bonchev–Trinajstić information content (AvgIpc) is 2.30. The highest BCUT2D eigenvalue weighted by Gasteiger charge is 2.24. The third kappa shape index (κ3) is 2.53. The molecular weight excluding hydrogens is 199 g/mol. The first-order valence-corrected chi connectivity index (χ1v) is 4.90. The Balaban J connectivity index is 2.05. The Hall–Kier alpha value is -0.970. The number of benzene rings is 1. The predicted octanol–water partition coefficient (Wildman–Crippen LogP) is 1.27. The highest BCUT2D eigenvalue weighted by Crippen LogP contribution is 2.21. The Kier molecular flexibility index (Phi) is 3.30. The minimum Gasteiger partial charge on any atom is -0.386 e. The molecule has 0 saturated carbocycles. The van der Waals surface area contributed by atoms with Gasteiger partial charge in [0.05, 0.1) is 19.8 Å². The molecule has 1 aromatic rings. The van der Waals surface area contributed by atoms with Crippen molar-refractivity contribution in [3.05, 3.63) is 35.6 Å². The van der Waals surface area contributed by atoms with Crippen molar-refractivity contribution in [2.24, 2.45) is 0 Å². The van der Waals surface area contributed by atoms with Crippen LogP contribution in [0.4, 0.5) is 4.39 Å². The zero-order valence-corrected chi connectivity index (χ0v) is 8.23. The maximum Gasteiger partial charge on any atom is 0.123 e. The number of ether oxygens (including phenoxy) is 2. The van der Waals surface area contributed by atoms with Crippen LogP contribution in [0.15, 0.2) is 24.3 Å². The monoisotopic (exact) mass is 212 g/mol. The lowest BCUT2D eigenvalue weighted by Crippen LogP contribution is -2.33. The van der Waals surface area contributed by atoms with Crippen molar-refractivity contribution >= 4 is 0 Å². The smallest absolute Gasteiger partial charge is 0.123 e. The average molecular weight is 212 g/mol. The van der Waals surface area contributed by atoms with Crippen molar-refractivity contribution in [2.45, 2.75) is 12.2 Å². The summed E-state index contributed by atoms with van der Waals surface area (Å²) in [7, 11) is 0. The van der Waals surface area contributed by atoms with Crippen LogP contribution in [0.1, 0.15) is 11.7 Å². The van der Waals surface area contributed by atoms with E-state index in [0.29, 0.717) is 25.4 Å². The summed E-state index contributed by atoms with van der Waals surface area (Å²) in [5.41, 5.74) is 0.645. The number of hydrogen-bond donors (Lipinski definition) is 1. The molecule has 0 radical (unpaired) electrons. The lowest BCUT2D eigenvalue weighted by atomic mass is 10.0. The van der Waals surface area contributed by atoms with Gasteiger partial charge in [-0.05, 0) is 17.7 Å². The van der Waals surface area contributed by atoms with Gasteiger partial charge in [0.25, 0.3) is 0 Å². The van der Waals surface area contributed by atoms with Crippen molar-refractivity contribution in [2.75, 3.05) is 19.8 Å². The Morgan fingerprint density at radius 2 is 2.00 bits per heavy atom. The maximum atomic E-state index is 12.7. The van der Waals surface area contributed by atoms with Gasteiger partial charge in [-0.1, -0.05) is 12.1 Å². The van der Waals surface area contributed by atoms with Gasteiger partial charge in [0.1, 0.15) is 18.0 Å². The zero-order valence-electron chi connectivity index (χ0n) is 8.23. The third-order valence-electron chi connectivity index (χ3n) is 2.41. The van der Waals surface area contributed by atoms with Gasteiger partial charge in [0, 0.05) is 0 Å². The third-order valence-corrected chi connectivity index (χ3v) is 2.41. The summed E-state index contributed by atoms with van der Waals surface area (Å²) in [5, 5.41) is 9.91. The molecule has 0 bridgehead atoms. The van der Waals surface area contributed by atoms with E-state index in [2.05, 4.69) is 0 Å². The number of rotatable bonds is 2. The van der Waals surface area contributed by atoms with E-state index in [1.54, 1.807) is 12.1 Å². The first-order chi connectivity index (χ1) is 7.27. The molecule has 1 heterocycles. The number of aliphatic hydroxyl groups excluding tert-OH is 1. The van der Waals surface area contributed by atoms with Crippen LogP contribution in [0.2, 0.25) is 0 Å². The van der Waals surface area contributed by atoms with E-state index < -0.39 is 6.10 Å². The molecule has 2 unspecified atom stereocenters. The van der Waals surface area contributed by atoms with Crippen LogP contribution < -0.4 is 0 Å². The Bertz CT molecular complexity index is 306. The molecule has 1 aliphatic rings. The molecule has 2 atom stereocenters. The molecule has 82 valence electrons. The number of hydrogen-bond acceptors (Lipinski definition) is 3. The molecule has 3 nitrogen and oxygen atoms in total. The minimum atomic E-state index is -0.758. The van der Waals surface area contributed by atoms with Gasteiger partial charge in [-0.2, -0.15) is 0 Å². The van der Waals surface area contributed by atoms with Crippen LogP contribution >= 0.6 is 0 Å². The summed E-state index contributed by atoms with van der Waals surface area (Å²) < 4.78 is 23.2. The largest absolute Gasteiger partial charge is 0.386 e. The van der Waals surface area contributed by atoms with Crippen molar-refractivity contribution in [1.82, 2.24) is 0 Å². The second-order valence-electron chi connectivity index (χ2n) is 3.48. The standard InChI is InChI=1S/C11H13FO3/c12-9-3-1-8(2-4-9)11(13)10-7-14-5-6-15-10/h1-4,10-11,13H,5-7H2. The van der Waals surface area contributed by atoms with E-state index >= 15 is 0 Å². The molecule has 0 aliphatic carbocycles. The predicted molar refractivity (Wildman–Crippen MR) is 51.9 cm³/mol. The lowest BCUT2D eigenvalue weighted by Gasteiger charge is -2.27. The summed E-state index contributed by atoms with van der Waals surface area (Å²) >= 11 is 0. The molecule has 1 saturated heterocycles. The second-order valence-corrected chi connectivity index (χ2v) is 3.48. The molecule has 1 aliphatic heterocycles. The lowest BCUT2D eigenvalue weighted by molar-refractivity contribution is -0.133. The van der Waals surface area contributed by atoms with Crippen LogP contribution in [0, 0.1) is 5.82 Å². The summed E-state index contributed by atoms with van der Waals surface area (Å²) in [4.78, 5) is 0. The Labute approximate surface area is 87.4 Å². The summed E-state index contributed by atoms with van der Waals surface area (Å²) in [5.74, 6) is -0.313. The van der Waals surface area contributed by atoms with Gasteiger partial charge in [-0.15, -0.1) is 0 Å². The Morgan fingerprint density at radius 1 is 1.27 bits per heavy atom. The van der Waals surface area contributed by atoms with E-state index in [9.17, 15) is 9.50 Å². The second kappa shape index (κ2) is 4.70. The van der Waals surface area contributed by atoms with Crippen LogP contribution in [0.5, 0.6) is 0 Å². The highest BCUT2D eigenvalue weighted by molar-refractivity contribution is 5.19. The zero-order chi connectivity index (χ0) is 10.7. The minimum absolute atomic E-state index is 0.313. The number of halogens is 1. The molecular formula is C11H13FO3. The summed E-state index contributed by atoms with van der Waals surface area (Å²) in [6, 6.07) is 5.75. The van der Waals surface area contributed by atoms with E-state index in [4.69, 9.17) is 9.47 Å². The van der Waals surface area contributed by atoms with Crippen LogP contribution in [-0.2, 0) is 9.47 Å². The first-order valence-electron chi connectivity index (χ1n) is 4.90. The number of aliphatic hydroxyl groups is 1. The first kappa shape index (κ1) is 10.5. The van der Waals surface area contributed by atoms with Crippen molar-refractivity contribution in [1.29, 1.82) is 0 Å². The SMILES string of the molecule is OC(c1ccc(F)cc1)C1COCCO1. The Morgan fingerprint density at radius 3 is 2.60 bits per heavy atom. The van der Waals surface area contributed by atoms with Crippen molar-refractivity contribution in [3.63, 3.8) is 0 Å². The molecule has 15 heavy (non-hydrogen) atoms. The van der Waals surface area contributed by atoms with E-state index in [-0.39, 0.29) is 11.9 Å². The van der Waals surface area contributed by atoms with Gasteiger partial charge in [0.2, 0.25) is 0 Å². The van der Waals surface area contributed by atoms with Gasteiger partial charge >= 0.3 is 0 Å². The fourth-order valence-corrected chi connectivity index (χ4v) is 1.56. The quantitative estimate of drug-likeness (QED) is 0.802. The van der Waals surface area contributed by atoms with Gasteiger partial charge in [-0.25, -0.2) is 4.39 Å². The fourth-order valence-electron chi connectivity index (χ4n) is 1.56. The normalized spacial score (nSPS) is 23.7. The molecule has 1 fully saturated rings. The topological polar surface area (TPSA) is 38.7 Å². The van der Waals surface area contributed by atoms with E-state index in [1.807, 2.05) is 0 Å². The van der Waals surface area contributed by atoms with Gasteiger partial charge < -0.3 is 14.6 Å². The maximum absolute atomic E-state index is 12.7. The molecule has 4 heteroatoms. The van der Waals surface area contributed by atoms with Gasteiger partial charge in [0.15, 0.2) is 0 Å². The van der Waals surface area contributed by atoms with Crippen LogP contribution in [-0.4, -0.2) is 31.0 Å². The van der Waals surface area contributed by atoms with Crippen molar-refractivity contribution < 1.29 is 19.0 Å². The van der Waals surface area contributed by atoms with Crippen LogP contribution in [0.25, 0.3) is 0 Å². The van der Waals surface area contributed by atoms with Gasteiger partial charge in [-0.3, -0.25) is 0 Å². The molecule has 0 aromatic heterocycles. The van der Waals surface area contributed by atoms with Crippen molar-refractivity contribution in [3.8, 4) is 0 Å². The van der Waals surface area contributed by atoms with E-state index in [0.717, 1.165) is 0 Å². The molecule has 0 spiro atoms.